The standard InChI is InChI=1S/C17H15F3N2O2/c1-10-3-5-12(6-4-10)16(24)22-15-8-7-13(21-11(2)23)9-14(15)17(18,19)20/h3-9H,1-2H3,(H,21,23)(H,22,24). The molecule has 2 N–H and O–H groups in total. The first-order valence-corrected chi connectivity index (χ1v) is 7.03. The summed E-state index contributed by atoms with van der Waals surface area (Å²) >= 11 is 0. The lowest BCUT2D eigenvalue weighted by molar-refractivity contribution is -0.137. The molecule has 4 nitrogen and oxygen atoms in total. The van der Waals surface area contributed by atoms with E-state index in [2.05, 4.69) is 10.6 Å². The Morgan fingerprint density at radius 1 is 0.958 bits per heavy atom. The molecule has 0 atom stereocenters. The Morgan fingerprint density at radius 2 is 1.58 bits per heavy atom. The minimum atomic E-state index is -4.68. The number of alkyl halides is 3. The van der Waals surface area contributed by atoms with Gasteiger partial charge in [-0.25, -0.2) is 0 Å². The molecule has 126 valence electrons. The second kappa shape index (κ2) is 6.74. The first kappa shape index (κ1) is 17.5. The van der Waals surface area contributed by atoms with E-state index >= 15 is 0 Å². The highest BCUT2D eigenvalue weighted by atomic mass is 19.4. The largest absolute Gasteiger partial charge is 0.418 e. The van der Waals surface area contributed by atoms with Gasteiger partial charge in [-0.15, -0.1) is 0 Å². The quantitative estimate of drug-likeness (QED) is 0.881. The molecule has 7 heteroatoms. The van der Waals surface area contributed by atoms with Crippen LogP contribution < -0.4 is 10.6 Å². The van der Waals surface area contributed by atoms with Gasteiger partial charge in [-0.2, -0.15) is 13.2 Å². The van der Waals surface area contributed by atoms with Crippen LogP contribution in [0.5, 0.6) is 0 Å². The highest BCUT2D eigenvalue weighted by Crippen LogP contribution is 2.36. The van der Waals surface area contributed by atoms with Gasteiger partial charge in [-0.1, -0.05) is 17.7 Å². The Hall–Kier alpha value is -2.83. The number of anilines is 2. The van der Waals surface area contributed by atoms with Crippen molar-refractivity contribution in [2.45, 2.75) is 20.0 Å². The summed E-state index contributed by atoms with van der Waals surface area (Å²) in [6.45, 7) is 3.03. The van der Waals surface area contributed by atoms with Gasteiger partial charge in [0.15, 0.2) is 0 Å². The van der Waals surface area contributed by atoms with E-state index in [0.717, 1.165) is 17.7 Å². The van der Waals surface area contributed by atoms with Crippen LogP contribution in [-0.2, 0) is 11.0 Å². The van der Waals surface area contributed by atoms with Gasteiger partial charge in [0.05, 0.1) is 11.3 Å². The lowest BCUT2D eigenvalue weighted by Gasteiger charge is -2.15. The number of hydrogen-bond acceptors (Lipinski definition) is 2. The van der Waals surface area contributed by atoms with Gasteiger partial charge in [-0.3, -0.25) is 9.59 Å². The molecule has 0 spiro atoms. The van der Waals surface area contributed by atoms with Crippen molar-refractivity contribution in [1.82, 2.24) is 0 Å². The molecule has 0 aliphatic carbocycles. The minimum absolute atomic E-state index is 0.00293. The van der Waals surface area contributed by atoms with E-state index in [9.17, 15) is 22.8 Å². The minimum Gasteiger partial charge on any atom is -0.326 e. The molecule has 24 heavy (non-hydrogen) atoms. The molecule has 0 radical (unpaired) electrons. The molecule has 0 aliphatic heterocycles. The van der Waals surface area contributed by atoms with Crippen molar-refractivity contribution in [1.29, 1.82) is 0 Å². The molecule has 2 aromatic rings. The SMILES string of the molecule is CC(=O)Nc1ccc(NC(=O)c2ccc(C)cc2)c(C(F)(F)F)c1. The smallest absolute Gasteiger partial charge is 0.326 e. The summed E-state index contributed by atoms with van der Waals surface area (Å²) in [7, 11) is 0. The predicted octanol–water partition coefficient (Wildman–Crippen LogP) is 4.22. The third kappa shape index (κ3) is 4.34. The van der Waals surface area contributed by atoms with Gasteiger partial charge < -0.3 is 10.6 Å². The maximum absolute atomic E-state index is 13.2. The van der Waals surface area contributed by atoms with E-state index in [-0.39, 0.29) is 16.9 Å². The fourth-order valence-electron chi connectivity index (χ4n) is 2.07. The van der Waals surface area contributed by atoms with Crippen LogP contribution in [0.1, 0.15) is 28.4 Å². The third-order valence-electron chi connectivity index (χ3n) is 3.21. The van der Waals surface area contributed by atoms with Crippen molar-refractivity contribution in [2.75, 3.05) is 10.6 Å². The Labute approximate surface area is 136 Å². The zero-order valence-electron chi connectivity index (χ0n) is 13.0. The summed E-state index contributed by atoms with van der Waals surface area (Å²) < 4.78 is 39.6. The number of hydrogen-bond donors (Lipinski definition) is 2. The van der Waals surface area contributed by atoms with Crippen molar-refractivity contribution < 1.29 is 22.8 Å². The number of rotatable bonds is 3. The van der Waals surface area contributed by atoms with Gasteiger partial charge in [0.25, 0.3) is 5.91 Å². The average molecular weight is 336 g/mol. The van der Waals surface area contributed by atoms with Crippen LogP contribution in [-0.4, -0.2) is 11.8 Å². The second-order valence-electron chi connectivity index (χ2n) is 5.26. The number of carbonyl (C=O) groups excluding carboxylic acids is 2. The Kier molecular flexibility index (Phi) is 4.92. The first-order chi connectivity index (χ1) is 11.2. The molecule has 0 saturated heterocycles. The second-order valence-corrected chi connectivity index (χ2v) is 5.26. The number of nitrogens with one attached hydrogen (secondary N) is 2. The number of carbonyl (C=O) groups is 2. The van der Waals surface area contributed by atoms with Crippen LogP contribution in [0, 0.1) is 6.92 Å². The maximum atomic E-state index is 13.2. The zero-order valence-corrected chi connectivity index (χ0v) is 13.0. The number of aryl methyl sites for hydroxylation is 1. The van der Waals surface area contributed by atoms with E-state index in [1.165, 1.54) is 25.1 Å². The molecule has 0 aromatic heterocycles. The third-order valence-corrected chi connectivity index (χ3v) is 3.21. The van der Waals surface area contributed by atoms with E-state index in [0.29, 0.717) is 0 Å². The zero-order chi connectivity index (χ0) is 17.9. The van der Waals surface area contributed by atoms with E-state index in [4.69, 9.17) is 0 Å². The average Bonchev–Trinajstić information content (AvgIpc) is 2.47. The molecular formula is C17H15F3N2O2. The molecule has 2 rings (SSSR count). The van der Waals surface area contributed by atoms with Crippen LogP contribution in [0.15, 0.2) is 42.5 Å². The van der Waals surface area contributed by atoms with Crippen molar-refractivity contribution in [3.8, 4) is 0 Å². The molecule has 2 aromatic carbocycles. The summed E-state index contributed by atoms with van der Waals surface area (Å²) in [5, 5.41) is 4.55. The monoisotopic (exact) mass is 336 g/mol. The van der Waals surface area contributed by atoms with Crippen LogP contribution in [0.25, 0.3) is 0 Å². The highest BCUT2D eigenvalue weighted by Gasteiger charge is 2.34. The molecule has 0 unspecified atom stereocenters. The fraction of sp³-hybridized carbons (Fsp3) is 0.176. The van der Waals surface area contributed by atoms with Crippen LogP contribution >= 0.6 is 0 Å². The van der Waals surface area contributed by atoms with Crippen LogP contribution in [0.3, 0.4) is 0 Å². The van der Waals surface area contributed by atoms with Crippen molar-refractivity contribution in [3.05, 3.63) is 59.2 Å². The van der Waals surface area contributed by atoms with Crippen molar-refractivity contribution in [2.24, 2.45) is 0 Å². The number of halogens is 3. The van der Waals surface area contributed by atoms with Crippen LogP contribution in [0.2, 0.25) is 0 Å². The van der Waals surface area contributed by atoms with Gasteiger partial charge in [-0.05, 0) is 37.3 Å². The lowest BCUT2D eigenvalue weighted by Crippen LogP contribution is -2.17. The Bertz CT molecular complexity index is 768. The number of benzene rings is 2. The molecular weight excluding hydrogens is 321 g/mol. The molecule has 2 amide bonds. The molecule has 0 bridgehead atoms. The van der Waals surface area contributed by atoms with Crippen molar-refractivity contribution in [3.63, 3.8) is 0 Å². The normalized spacial score (nSPS) is 11.0. The molecule has 0 saturated carbocycles. The summed E-state index contributed by atoms with van der Waals surface area (Å²) in [5.74, 6) is -1.13. The van der Waals surface area contributed by atoms with E-state index < -0.39 is 23.6 Å². The lowest BCUT2D eigenvalue weighted by atomic mass is 10.1. The highest BCUT2D eigenvalue weighted by molar-refractivity contribution is 6.05. The maximum Gasteiger partial charge on any atom is 0.418 e. The van der Waals surface area contributed by atoms with Gasteiger partial charge >= 0.3 is 6.18 Å². The van der Waals surface area contributed by atoms with E-state index in [1.54, 1.807) is 12.1 Å². The first-order valence-electron chi connectivity index (χ1n) is 7.03. The summed E-state index contributed by atoms with van der Waals surface area (Å²) in [4.78, 5) is 23.1. The van der Waals surface area contributed by atoms with Crippen LogP contribution in [0.4, 0.5) is 24.5 Å². The summed E-state index contributed by atoms with van der Waals surface area (Å²) in [6, 6.07) is 9.64. The molecule has 0 aliphatic rings. The summed E-state index contributed by atoms with van der Waals surface area (Å²) in [6.07, 6.45) is -4.68. The summed E-state index contributed by atoms with van der Waals surface area (Å²) in [5.41, 5.74) is -0.221. The van der Waals surface area contributed by atoms with Gasteiger partial charge in [0.2, 0.25) is 5.91 Å². The topological polar surface area (TPSA) is 58.2 Å². The number of amides is 2. The Morgan fingerprint density at radius 3 is 2.12 bits per heavy atom. The molecule has 0 fully saturated rings. The predicted molar refractivity (Wildman–Crippen MR) is 84.9 cm³/mol. The van der Waals surface area contributed by atoms with Crippen molar-refractivity contribution >= 4 is 23.2 Å². The fourth-order valence-corrected chi connectivity index (χ4v) is 2.07. The van der Waals surface area contributed by atoms with Gasteiger partial charge in [0.1, 0.15) is 0 Å². The van der Waals surface area contributed by atoms with Gasteiger partial charge in [0, 0.05) is 18.2 Å². The van der Waals surface area contributed by atoms with E-state index in [1.807, 2.05) is 6.92 Å². The molecule has 0 heterocycles. The Balaban J connectivity index is 2.33.